The van der Waals surface area contributed by atoms with Gasteiger partial charge in [0.05, 0.1) is 6.54 Å². The Labute approximate surface area is 165 Å². The maximum Gasteiger partial charge on any atom is 0.239 e. The SMILES string of the molecule is Cc1cc(NC(=O)CN2CCN(Cc3cccc(N)c3)CC2)no1.Cl.Cl. The van der Waals surface area contributed by atoms with E-state index in [1.807, 2.05) is 18.2 Å². The maximum absolute atomic E-state index is 12.0. The minimum Gasteiger partial charge on any atom is -0.399 e. The van der Waals surface area contributed by atoms with Crippen LogP contribution in [0.3, 0.4) is 0 Å². The molecular weight excluding hydrogens is 377 g/mol. The first kappa shape index (κ1) is 22.2. The molecular formula is C17H25Cl2N5O2. The second kappa shape index (κ2) is 10.4. The maximum atomic E-state index is 12.0. The second-order valence-electron chi connectivity index (χ2n) is 6.17. The highest BCUT2D eigenvalue weighted by atomic mass is 35.5. The molecule has 1 saturated heterocycles. The number of nitrogen functional groups attached to an aromatic ring is 1. The number of hydrogen-bond donors (Lipinski definition) is 2. The molecule has 1 aromatic heterocycles. The second-order valence-corrected chi connectivity index (χ2v) is 6.17. The van der Waals surface area contributed by atoms with Crippen LogP contribution in [0.15, 0.2) is 34.9 Å². The molecule has 26 heavy (non-hydrogen) atoms. The van der Waals surface area contributed by atoms with Crippen molar-refractivity contribution in [1.29, 1.82) is 0 Å². The summed E-state index contributed by atoms with van der Waals surface area (Å²) < 4.78 is 4.94. The molecule has 0 aliphatic carbocycles. The van der Waals surface area contributed by atoms with Gasteiger partial charge in [-0.15, -0.1) is 24.8 Å². The summed E-state index contributed by atoms with van der Waals surface area (Å²) in [5, 5.41) is 6.53. The van der Waals surface area contributed by atoms with Crippen molar-refractivity contribution < 1.29 is 9.32 Å². The zero-order valence-electron chi connectivity index (χ0n) is 14.7. The molecule has 1 aromatic carbocycles. The van der Waals surface area contributed by atoms with E-state index in [0.29, 0.717) is 18.1 Å². The van der Waals surface area contributed by atoms with Crippen molar-refractivity contribution in [2.75, 3.05) is 43.8 Å². The highest BCUT2D eigenvalue weighted by Gasteiger charge is 2.19. The van der Waals surface area contributed by atoms with E-state index < -0.39 is 0 Å². The normalized spacial score (nSPS) is 15.0. The Hall–Kier alpha value is -1.80. The van der Waals surface area contributed by atoms with Crippen molar-refractivity contribution in [3.63, 3.8) is 0 Å². The standard InChI is InChI=1S/C17H23N5O2.2ClH/c1-13-9-16(20-24-13)19-17(23)12-22-7-5-21(6-8-22)11-14-3-2-4-15(18)10-14;;/h2-4,9-10H,5-8,11-12,18H2,1H3,(H,19,20,23);2*1H. The van der Waals surface area contributed by atoms with E-state index in [4.69, 9.17) is 10.3 Å². The Kier molecular flexibility index (Phi) is 8.87. The lowest BCUT2D eigenvalue weighted by Crippen LogP contribution is -2.48. The molecule has 7 nitrogen and oxygen atoms in total. The van der Waals surface area contributed by atoms with Crippen LogP contribution in [-0.4, -0.2) is 53.6 Å². The highest BCUT2D eigenvalue weighted by molar-refractivity contribution is 5.91. The van der Waals surface area contributed by atoms with Crippen LogP contribution in [0.2, 0.25) is 0 Å². The van der Waals surface area contributed by atoms with Gasteiger partial charge in [0.2, 0.25) is 5.91 Å². The van der Waals surface area contributed by atoms with Crippen LogP contribution in [0.25, 0.3) is 0 Å². The van der Waals surface area contributed by atoms with Gasteiger partial charge in [-0.25, -0.2) is 0 Å². The average molecular weight is 402 g/mol. The third kappa shape index (κ3) is 6.49. The summed E-state index contributed by atoms with van der Waals surface area (Å²) >= 11 is 0. The third-order valence-corrected chi connectivity index (χ3v) is 4.08. The number of rotatable bonds is 5. The van der Waals surface area contributed by atoms with E-state index in [1.165, 1.54) is 5.56 Å². The lowest BCUT2D eigenvalue weighted by Gasteiger charge is -2.34. The molecule has 0 radical (unpaired) electrons. The number of nitrogens with two attached hydrogens (primary N) is 1. The number of carbonyl (C=O) groups is 1. The zero-order valence-corrected chi connectivity index (χ0v) is 16.3. The van der Waals surface area contributed by atoms with Crippen molar-refractivity contribution in [2.24, 2.45) is 0 Å². The molecule has 2 aromatic rings. The molecule has 3 rings (SSSR count). The van der Waals surface area contributed by atoms with Gasteiger partial charge in [-0.1, -0.05) is 17.3 Å². The molecule has 3 N–H and O–H groups in total. The summed E-state index contributed by atoms with van der Waals surface area (Å²) in [7, 11) is 0. The molecule has 0 saturated carbocycles. The number of anilines is 2. The van der Waals surface area contributed by atoms with Crippen LogP contribution in [0.5, 0.6) is 0 Å². The molecule has 144 valence electrons. The molecule has 0 spiro atoms. The number of benzene rings is 1. The van der Waals surface area contributed by atoms with Gasteiger partial charge in [-0.2, -0.15) is 0 Å². The van der Waals surface area contributed by atoms with E-state index in [0.717, 1.165) is 38.4 Å². The Balaban J connectivity index is 0.00000169. The first-order chi connectivity index (χ1) is 11.6. The fraction of sp³-hybridized carbons (Fsp3) is 0.412. The van der Waals surface area contributed by atoms with Gasteiger partial charge in [0.1, 0.15) is 5.76 Å². The van der Waals surface area contributed by atoms with Crippen molar-refractivity contribution >= 4 is 42.2 Å². The number of carbonyl (C=O) groups excluding carboxylic acids is 1. The minimum atomic E-state index is -0.0624. The first-order valence-corrected chi connectivity index (χ1v) is 8.11. The molecule has 0 bridgehead atoms. The lowest BCUT2D eigenvalue weighted by atomic mass is 10.2. The molecule has 2 heterocycles. The number of halogens is 2. The predicted octanol–water partition coefficient (Wildman–Crippen LogP) is 2.17. The largest absolute Gasteiger partial charge is 0.399 e. The van der Waals surface area contributed by atoms with Crippen molar-refractivity contribution in [2.45, 2.75) is 13.5 Å². The van der Waals surface area contributed by atoms with Crippen LogP contribution >= 0.6 is 24.8 Å². The van der Waals surface area contributed by atoms with Crippen LogP contribution in [0.1, 0.15) is 11.3 Å². The van der Waals surface area contributed by atoms with Crippen LogP contribution < -0.4 is 11.1 Å². The van der Waals surface area contributed by atoms with Gasteiger partial charge in [-0.05, 0) is 24.6 Å². The van der Waals surface area contributed by atoms with Crippen LogP contribution in [-0.2, 0) is 11.3 Å². The Morgan fingerprint density at radius 1 is 1.19 bits per heavy atom. The number of amides is 1. The zero-order chi connectivity index (χ0) is 16.9. The monoisotopic (exact) mass is 401 g/mol. The van der Waals surface area contributed by atoms with Crippen molar-refractivity contribution in [3.8, 4) is 0 Å². The average Bonchev–Trinajstić information content (AvgIpc) is 2.94. The summed E-state index contributed by atoms with van der Waals surface area (Å²) in [5.74, 6) is 1.09. The lowest BCUT2D eigenvalue weighted by molar-refractivity contribution is -0.117. The Bertz CT molecular complexity index is 702. The topological polar surface area (TPSA) is 87.6 Å². The smallest absolute Gasteiger partial charge is 0.239 e. The molecule has 0 unspecified atom stereocenters. The number of aromatic nitrogens is 1. The fourth-order valence-electron chi connectivity index (χ4n) is 2.87. The quantitative estimate of drug-likeness (QED) is 0.746. The van der Waals surface area contributed by atoms with E-state index >= 15 is 0 Å². The van der Waals surface area contributed by atoms with E-state index in [9.17, 15) is 4.79 Å². The summed E-state index contributed by atoms with van der Waals surface area (Å²) in [6.07, 6.45) is 0. The molecule has 1 aliphatic heterocycles. The molecule has 1 fully saturated rings. The van der Waals surface area contributed by atoms with Gasteiger partial charge < -0.3 is 15.6 Å². The van der Waals surface area contributed by atoms with Gasteiger partial charge in [0.25, 0.3) is 0 Å². The number of aryl methyl sites for hydroxylation is 1. The Morgan fingerprint density at radius 2 is 1.88 bits per heavy atom. The van der Waals surface area contributed by atoms with Crippen LogP contribution in [0.4, 0.5) is 11.5 Å². The van der Waals surface area contributed by atoms with Gasteiger partial charge >= 0.3 is 0 Å². The number of piperazine rings is 1. The number of hydrogen-bond acceptors (Lipinski definition) is 6. The van der Waals surface area contributed by atoms with Crippen molar-refractivity contribution in [1.82, 2.24) is 15.0 Å². The predicted molar refractivity (Wildman–Crippen MR) is 107 cm³/mol. The summed E-state index contributed by atoms with van der Waals surface area (Å²) in [6.45, 7) is 6.67. The summed E-state index contributed by atoms with van der Waals surface area (Å²) in [5.41, 5.74) is 7.84. The molecule has 1 amide bonds. The van der Waals surface area contributed by atoms with Gasteiger partial charge in [-0.3, -0.25) is 14.6 Å². The molecule has 1 aliphatic rings. The highest BCUT2D eigenvalue weighted by Crippen LogP contribution is 2.12. The van der Waals surface area contributed by atoms with E-state index in [1.54, 1.807) is 13.0 Å². The minimum absolute atomic E-state index is 0. The fourth-order valence-corrected chi connectivity index (χ4v) is 2.87. The summed E-state index contributed by atoms with van der Waals surface area (Å²) in [4.78, 5) is 16.6. The molecule has 9 heteroatoms. The van der Waals surface area contributed by atoms with E-state index in [-0.39, 0.29) is 30.7 Å². The van der Waals surface area contributed by atoms with E-state index in [2.05, 4.69) is 26.3 Å². The summed E-state index contributed by atoms with van der Waals surface area (Å²) in [6, 6.07) is 9.70. The van der Waals surface area contributed by atoms with Gasteiger partial charge in [0, 0.05) is 44.5 Å². The van der Waals surface area contributed by atoms with Crippen molar-refractivity contribution in [3.05, 3.63) is 41.7 Å². The number of nitrogens with zero attached hydrogens (tertiary/aromatic N) is 3. The number of nitrogens with one attached hydrogen (secondary N) is 1. The van der Waals surface area contributed by atoms with Crippen LogP contribution in [0, 0.1) is 6.92 Å². The first-order valence-electron chi connectivity index (χ1n) is 8.11. The third-order valence-electron chi connectivity index (χ3n) is 4.08. The van der Waals surface area contributed by atoms with Gasteiger partial charge in [0.15, 0.2) is 5.82 Å². The Morgan fingerprint density at radius 3 is 2.50 bits per heavy atom. The molecule has 0 atom stereocenters.